The van der Waals surface area contributed by atoms with E-state index in [0.29, 0.717) is 20.7 Å². The van der Waals surface area contributed by atoms with Crippen LogP contribution in [-0.4, -0.2) is 33.3 Å². The van der Waals surface area contributed by atoms with Gasteiger partial charge in [-0.15, -0.1) is 11.3 Å². The highest BCUT2D eigenvalue weighted by molar-refractivity contribution is 7.12. The number of aromatic nitrogens is 2. The second kappa shape index (κ2) is 8.09. The van der Waals surface area contributed by atoms with Crippen LogP contribution in [0.1, 0.15) is 32.4 Å². The molecule has 0 atom stereocenters. The molecule has 0 saturated carbocycles. The Labute approximate surface area is 158 Å². The summed E-state index contributed by atoms with van der Waals surface area (Å²) in [6.45, 7) is -2.79. The molecule has 3 aromatic rings. The van der Waals surface area contributed by atoms with E-state index in [0.717, 1.165) is 0 Å². The molecule has 0 radical (unpaired) electrons. The number of nitrogens with zero attached hydrogens (tertiary/aromatic N) is 3. The Bertz CT molecular complexity index is 941. The summed E-state index contributed by atoms with van der Waals surface area (Å²) in [5.74, 6) is -0.545. The third-order valence-electron chi connectivity index (χ3n) is 3.80. The normalized spacial score (nSPS) is 10.8. The molecule has 0 unspecified atom stereocenters. The average Bonchev–Trinajstić information content (AvgIpc) is 3.33. The summed E-state index contributed by atoms with van der Waals surface area (Å²) >= 11 is 1.31. The zero-order valence-corrected chi connectivity index (χ0v) is 15.1. The molecule has 9 heteroatoms. The Balaban J connectivity index is 1.71. The van der Waals surface area contributed by atoms with E-state index >= 15 is 0 Å². The van der Waals surface area contributed by atoms with Gasteiger partial charge in [0.15, 0.2) is 0 Å². The molecule has 1 aromatic carbocycles. The minimum atomic E-state index is -2.72. The van der Waals surface area contributed by atoms with E-state index in [1.54, 1.807) is 41.8 Å². The predicted octanol–water partition coefficient (Wildman–Crippen LogP) is 3.86. The number of amides is 2. The zero-order chi connectivity index (χ0) is 19.4. The SMILES string of the molecule is CN(Cc1nccn1C(F)F)C(=O)c1cccc(NC(=O)c2cccs2)c1. The summed E-state index contributed by atoms with van der Waals surface area (Å²) in [7, 11) is 1.50. The van der Waals surface area contributed by atoms with E-state index in [1.165, 1.54) is 35.7 Å². The van der Waals surface area contributed by atoms with Crippen molar-refractivity contribution in [2.45, 2.75) is 13.1 Å². The molecular formula is C18H16F2N4O2S. The van der Waals surface area contributed by atoms with Crippen LogP contribution in [0.15, 0.2) is 54.2 Å². The molecule has 0 saturated heterocycles. The van der Waals surface area contributed by atoms with Gasteiger partial charge in [-0.1, -0.05) is 12.1 Å². The first-order valence-corrected chi connectivity index (χ1v) is 8.84. The summed E-state index contributed by atoms with van der Waals surface area (Å²) in [4.78, 5) is 30.5. The minimum absolute atomic E-state index is 0.0675. The molecule has 0 aliphatic carbocycles. The van der Waals surface area contributed by atoms with E-state index < -0.39 is 6.55 Å². The van der Waals surface area contributed by atoms with Crippen molar-refractivity contribution in [3.63, 3.8) is 0 Å². The van der Waals surface area contributed by atoms with Crippen LogP contribution in [-0.2, 0) is 6.54 Å². The second-order valence-corrected chi connectivity index (χ2v) is 6.65. The molecule has 140 valence electrons. The molecule has 0 spiro atoms. The van der Waals surface area contributed by atoms with Crippen molar-refractivity contribution in [1.82, 2.24) is 14.5 Å². The lowest BCUT2D eigenvalue weighted by Gasteiger charge is -2.18. The predicted molar refractivity (Wildman–Crippen MR) is 98.0 cm³/mol. The summed E-state index contributed by atoms with van der Waals surface area (Å²) in [6, 6.07) is 9.94. The van der Waals surface area contributed by atoms with Crippen LogP contribution in [0, 0.1) is 0 Å². The number of imidazole rings is 1. The van der Waals surface area contributed by atoms with Crippen LogP contribution in [0.25, 0.3) is 0 Å². The molecule has 0 bridgehead atoms. The summed E-state index contributed by atoms with van der Waals surface area (Å²) in [5, 5.41) is 4.53. The van der Waals surface area contributed by atoms with Crippen LogP contribution in [0.2, 0.25) is 0 Å². The third kappa shape index (κ3) is 4.37. The highest BCUT2D eigenvalue weighted by atomic mass is 32.1. The van der Waals surface area contributed by atoms with Gasteiger partial charge in [0.25, 0.3) is 11.8 Å². The summed E-state index contributed by atoms with van der Waals surface area (Å²) in [6.07, 6.45) is 2.43. The fraction of sp³-hybridized carbons (Fsp3) is 0.167. The molecule has 0 aliphatic rings. The molecule has 2 heterocycles. The van der Waals surface area contributed by atoms with Crippen molar-refractivity contribution >= 4 is 28.8 Å². The molecule has 27 heavy (non-hydrogen) atoms. The first-order chi connectivity index (χ1) is 13.0. The largest absolute Gasteiger partial charge is 0.334 e. The Morgan fingerprint density at radius 3 is 2.81 bits per heavy atom. The lowest BCUT2D eigenvalue weighted by Crippen LogP contribution is -2.28. The monoisotopic (exact) mass is 390 g/mol. The number of alkyl halides is 2. The Hall–Kier alpha value is -3.07. The van der Waals surface area contributed by atoms with E-state index in [9.17, 15) is 18.4 Å². The maximum atomic E-state index is 12.9. The van der Waals surface area contributed by atoms with Gasteiger partial charge in [0.2, 0.25) is 0 Å². The van der Waals surface area contributed by atoms with Crippen molar-refractivity contribution in [1.29, 1.82) is 0 Å². The highest BCUT2D eigenvalue weighted by Gasteiger charge is 2.18. The molecule has 2 amide bonds. The van der Waals surface area contributed by atoms with Crippen LogP contribution in [0.3, 0.4) is 0 Å². The second-order valence-electron chi connectivity index (χ2n) is 5.70. The number of thiophene rings is 1. The lowest BCUT2D eigenvalue weighted by molar-refractivity contribution is 0.0612. The van der Waals surface area contributed by atoms with Crippen LogP contribution >= 0.6 is 11.3 Å². The number of hydrogen-bond donors (Lipinski definition) is 1. The number of rotatable bonds is 6. The molecule has 3 rings (SSSR count). The van der Waals surface area contributed by atoms with Gasteiger partial charge in [-0.25, -0.2) is 4.98 Å². The molecule has 1 N–H and O–H groups in total. The van der Waals surface area contributed by atoms with Crippen molar-refractivity contribution < 1.29 is 18.4 Å². The number of nitrogens with one attached hydrogen (secondary N) is 1. The molecule has 2 aromatic heterocycles. The average molecular weight is 390 g/mol. The standard InChI is InChI=1S/C18H16F2N4O2S/c1-23(11-15-21-7-8-24(15)18(19)20)17(26)12-4-2-5-13(10-12)22-16(25)14-6-3-9-27-14/h2-10,18H,11H2,1H3,(H,22,25). The minimum Gasteiger partial charge on any atom is -0.334 e. The van der Waals surface area contributed by atoms with Gasteiger partial charge in [0.05, 0.1) is 11.4 Å². The number of carbonyl (C=O) groups excluding carboxylic acids is 2. The maximum absolute atomic E-state index is 12.9. The fourth-order valence-electron chi connectivity index (χ4n) is 2.48. The third-order valence-corrected chi connectivity index (χ3v) is 4.67. The number of anilines is 1. The first-order valence-electron chi connectivity index (χ1n) is 7.96. The van der Waals surface area contributed by atoms with Gasteiger partial charge in [0, 0.05) is 30.7 Å². The first kappa shape index (κ1) is 18.7. The Morgan fingerprint density at radius 1 is 1.30 bits per heavy atom. The van der Waals surface area contributed by atoms with Crippen LogP contribution in [0.5, 0.6) is 0 Å². The lowest BCUT2D eigenvalue weighted by atomic mass is 10.1. The topological polar surface area (TPSA) is 67.2 Å². The van der Waals surface area contributed by atoms with E-state index in [4.69, 9.17) is 0 Å². The molecule has 0 aliphatic heterocycles. The van der Waals surface area contributed by atoms with Gasteiger partial charge in [-0.3, -0.25) is 14.2 Å². The van der Waals surface area contributed by atoms with E-state index in [2.05, 4.69) is 10.3 Å². The van der Waals surface area contributed by atoms with Gasteiger partial charge in [0.1, 0.15) is 5.82 Å². The molecular weight excluding hydrogens is 374 g/mol. The Morgan fingerprint density at radius 2 is 2.11 bits per heavy atom. The van der Waals surface area contributed by atoms with Crippen molar-refractivity contribution in [3.05, 3.63) is 70.4 Å². The van der Waals surface area contributed by atoms with Gasteiger partial charge in [-0.05, 0) is 29.6 Å². The van der Waals surface area contributed by atoms with Crippen LogP contribution in [0.4, 0.5) is 14.5 Å². The van der Waals surface area contributed by atoms with Crippen molar-refractivity contribution in [2.75, 3.05) is 12.4 Å². The van der Waals surface area contributed by atoms with Crippen molar-refractivity contribution in [3.8, 4) is 0 Å². The number of carbonyl (C=O) groups is 2. The Kier molecular flexibility index (Phi) is 5.60. The maximum Gasteiger partial charge on any atom is 0.319 e. The number of benzene rings is 1. The smallest absolute Gasteiger partial charge is 0.319 e. The van der Waals surface area contributed by atoms with E-state index in [-0.39, 0.29) is 24.2 Å². The summed E-state index contributed by atoms with van der Waals surface area (Å²) < 4.78 is 26.5. The van der Waals surface area contributed by atoms with Crippen LogP contribution < -0.4 is 5.32 Å². The quantitative estimate of drug-likeness (QED) is 0.695. The molecule has 0 fully saturated rings. The van der Waals surface area contributed by atoms with Gasteiger partial charge in [-0.2, -0.15) is 8.78 Å². The number of hydrogen-bond acceptors (Lipinski definition) is 4. The zero-order valence-electron chi connectivity index (χ0n) is 14.3. The van der Waals surface area contributed by atoms with Crippen molar-refractivity contribution in [2.24, 2.45) is 0 Å². The molecule has 6 nitrogen and oxygen atoms in total. The van der Waals surface area contributed by atoms with E-state index in [1.807, 2.05) is 0 Å². The van der Waals surface area contributed by atoms with Gasteiger partial charge < -0.3 is 10.2 Å². The number of halogens is 2. The highest BCUT2D eigenvalue weighted by Crippen LogP contribution is 2.18. The van der Waals surface area contributed by atoms with Gasteiger partial charge >= 0.3 is 6.55 Å². The fourth-order valence-corrected chi connectivity index (χ4v) is 3.10. The summed E-state index contributed by atoms with van der Waals surface area (Å²) in [5.41, 5.74) is 0.804.